The SMILES string of the molecule is Cc1ccc(-c2nc(S(=O)(=O)c3cccc(C)c3)c(N3CCC4(CC3)OCCO4)o2)cc1. The van der Waals surface area contributed by atoms with E-state index in [0.717, 1.165) is 16.7 Å². The highest BCUT2D eigenvalue weighted by atomic mass is 32.2. The Bertz CT molecular complexity index is 1220. The van der Waals surface area contributed by atoms with Crippen molar-refractivity contribution in [2.24, 2.45) is 0 Å². The number of benzene rings is 2. The number of piperidine rings is 1. The molecule has 0 radical (unpaired) electrons. The van der Waals surface area contributed by atoms with Crippen molar-refractivity contribution in [2.75, 3.05) is 31.2 Å². The van der Waals surface area contributed by atoms with E-state index in [0.29, 0.717) is 45.0 Å². The lowest BCUT2D eigenvalue weighted by molar-refractivity contribution is -0.169. The van der Waals surface area contributed by atoms with Gasteiger partial charge in [0, 0.05) is 31.5 Å². The Hall–Kier alpha value is -2.68. The molecule has 8 heteroatoms. The van der Waals surface area contributed by atoms with E-state index >= 15 is 0 Å². The van der Waals surface area contributed by atoms with Crippen molar-refractivity contribution in [3.8, 4) is 11.5 Å². The highest BCUT2D eigenvalue weighted by molar-refractivity contribution is 7.91. The lowest BCUT2D eigenvalue weighted by Gasteiger charge is -2.37. The van der Waals surface area contributed by atoms with Gasteiger partial charge in [-0.2, -0.15) is 4.98 Å². The van der Waals surface area contributed by atoms with E-state index in [1.807, 2.05) is 49.1 Å². The van der Waals surface area contributed by atoms with E-state index in [-0.39, 0.29) is 15.8 Å². The second-order valence-corrected chi connectivity index (χ2v) is 10.3. The van der Waals surface area contributed by atoms with Crippen molar-refractivity contribution in [1.29, 1.82) is 0 Å². The van der Waals surface area contributed by atoms with Crippen LogP contribution >= 0.6 is 0 Å². The summed E-state index contributed by atoms with van der Waals surface area (Å²) in [6.07, 6.45) is 1.27. The van der Waals surface area contributed by atoms with E-state index in [2.05, 4.69) is 4.98 Å². The molecule has 2 aliphatic rings. The first-order valence-corrected chi connectivity index (χ1v) is 12.3. The van der Waals surface area contributed by atoms with Crippen molar-refractivity contribution in [3.05, 3.63) is 59.7 Å². The summed E-state index contributed by atoms with van der Waals surface area (Å²) < 4.78 is 45.0. The molecular formula is C24H26N2O5S. The number of sulfone groups is 1. The lowest BCUT2D eigenvalue weighted by Crippen LogP contribution is -2.45. The molecule has 2 aliphatic heterocycles. The number of rotatable bonds is 4. The molecular weight excluding hydrogens is 428 g/mol. The largest absolute Gasteiger partial charge is 0.419 e. The molecule has 3 aromatic rings. The Balaban J connectivity index is 1.56. The summed E-state index contributed by atoms with van der Waals surface area (Å²) in [6, 6.07) is 14.5. The second-order valence-electron chi connectivity index (χ2n) is 8.41. The van der Waals surface area contributed by atoms with Crippen molar-refractivity contribution in [2.45, 2.75) is 42.4 Å². The van der Waals surface area contributed by atoms with E-state index in [4.69, 9.17) is 13.9 Å². The topological polar surface area (TPSA) is 81.9 Å². The Morgan fingerprint density at radius 1 is 0.938 bits per heavy atom. The van der Waals surface area contributed by atoms with Crippen LogP contribution < -0.4 is 4.90 Å². The van der Waals surface area contributed by atoms with Gasteiger partial charge in [-0.25, -0.2) is 8.42 Å². The van der Waals surface area contributed by atoms with Crippen LogP contribution in [0, 0.1) is 13.8 Å². The zero-order valence-electron chi connectivity index (χ0n) is 18.2. The van der Waals surface area contributed by atoms with Crippen molar-refractivity contribution in [1.82, 2.24) is 4.98 Å². The Morgan fingerprint density at radius 2 is 1.62 bits per heavy atom. The lowest BCUT2D eigenvalue weighted by atomic mass is 10.0. The van der Waals surface area contributed by atoms with Crippen molar-refractivity contribution >= 4 is 15.7 Å². The summed E-state index contributed by atoms with van der Waals surface area (Å²) in [4.78, 5) is 6.63. The van der Waals surface area contributed by atoms with E-state index in [1.54, 1.807) is 18.2 Å². The first-order chi connectivity index (χ1) is 15.4. The van der Waals surface area contributed by atoms with Crippen LogP contribution in [0.25, 0.3) is 11.5 Å². The van der Waals surface area contributed by atoms with Gasteiger partial charge in [0.05, 0.1) is 18.1 Å². The van der Waals surface area contributed by atoms with Gasteiger partial charge in [-0.1, -0.05) is 29.8 Å². The van der Waals surface area contributed by atoms with Gasteiger partial charge in [0.25, 0.3) is 0 Å². The fraction of sp³-hybridized carbons (Fsp3) is 0.375. The predicted octanol–water partition coefficient (Wildman–Crippen LogP) is 4.13. The van der Waals surface area contributed by atoms with Crippen molar-refractivity contribution < 1.29 is 22.3 Å². The zero-order valence-corrected chi connectivity index (χ0v) is 19.0. The van der Waals surface area contributed by atoms with Crippen LogP contribution in [0.3, 0.4) is 0 Å². The number of aryl methyl sites for hydroxylation is 2. The van der Waals surface area contributed by atoms with Crippen LogP contribution in [-0.4, -0.2) is 45.5 Å². The number of hydrogen-bond acceptors (Lipinski definition) is 7. The smallest absolute Gasteiger partial charge is 0.236 e. The highest BCUT2D eigenvalue weighted by Gasteiger charge is 2.42. The van der Waals surface area contributed by atoms with Gasteiger partial charge in [-0.15, -0.1) is 0 Å². The molecule has 7 nitrogen and oxygen atoms in total. The molecule has 168 valence electrons. The average molecular weight is 455 g/mol. The molecule has 1 aromatic heterocycles. The summed E-state index contributed by atoms with van der Waals surface area (Å²) in [6.45, 7) is 6.15. The molecule has 0 amide bonds. The molecule has 2 saturated heterocycles. The zero-order chi connectivity index (χ0) is 22.3. The highest BCUT2D eigenvalue weighted by Crippen LogP contribution is 2.39. The molecule has 0 atom stereocenters. The monoisotopic (exact) mass is 454 g/mol. The number of ether oxygens (including phenoxy) is 2. The van der Waals surface area contributed by atoms with Crippen LogP contribution in [0.5, 0.6) is 0 Å². The number of oxazole rings is 1. The minimum atomic E-state index is -3.87. The first-order valence-electron chi connectivity index (χ1n) is 10.8. The molecule has 32 heavy (non-hydrogen) atoms. The van der Waals surface area contributed by atoms with E-state index in [9.17, 15) is 8.42 Å². The molecule has 0 unspecified atom stereocenters. The number of nitrogens with zero attached hydrogens (tertiary/aromatic N) is 2. The summed E-state index contributed by atoms with van der Waals surface area (Å²) in [5, 5.41) is -0.0529. The van der Waals surface area contributed by atoms with Gasteiger partial charge in [0.15, 0.2) is 5.79 Å². The van der Waals surface area contributed by atoms with Crippen LogP contribution in [0.2, 0.25) is 0 Å². The third-order valence-electron chi connectivity index (χ3n) is 6.06. The van der Waals surface area contributed by atoms with E-state index < -0.39 is 15.6 Å². The van der Waals surface area contributed by atoms with Gasteiger partial charge in [0.2, 0.25) is 26.6 Å². The molecule has 0 N–H and O–H groups in total. The third-order valence-corrected chi connectivity index (χ3v) is 7.71. The maximum atomic E-state index is 13.6. The Morgan fingerprint density at radius 3 is 2.28 bits per heavy atom. The fourth-order valence-corrected chi connectivity index (χ4v) is 5.65. The molecule has 2 fully saturated rings. The summed E-state index contributed by atoms with van der Waals surface area (Å²) >= 11 is 0. The first kappa shape index (κ1) is 21.2. The fourth-order valence-electron chi connectivity index (χ4n) is 4.22. The molecule has 0 bridgehead atoms. The summed E-state index contributed by atoms with van der Waals surface area (Å²) in [5.74, 6) is 0.00104. The third kappa shape index (κ3) is 3.83. The van der Waals surface area contributed by atoms with Crippen LogP contribution in [0.4, 0.5) is 5.88 Å². The van der Waals surface area contributed by atoms with Gasteiger partial charge in [0.1, 0.15) is 0 Å². The van der Waals surface area contributed by atoms with Crippen molar-refractivity contribution in [3.63, 3.8) is 0 Å². The quantitative estimate of drug-likeness (QED) is 0.586. The van der Waals surface area contributed by atoms with E-state index in [1.165, 1.54) is 0 Å². The molecule has 0 aliphatic carbocycles. The standard InChI is InChI=1S/C24H26N2O5S/c1-17-6-8-19(9-7-17)21-25-22(32(27,28)20-5-3-4-18(2)16-20)23(31-21)26-12-10-24(11-13-26)29-14-15-30-24/h3-9,16H,10-15H2,1-2H3. The second kappa shape index (κ2) is 8.03. The normalized spacial score (nSPS) is 18.4. The molecule has 5 rings (SSSR count). The van der Waals surface area contributed by atoms with Crippen LogP contribution in [-0.2, 0) is 19.3 Å². The number of anilines is 1. The van der Waals surface area contributed by atoms with Crippen LogP contribution in [0.15, 0.2) is 62.9 Å². The average Bonchev–Trinajstić information content (AvgIpc) is 3.43. The minimum absolute atomic E-state index is 0.0529. The molecule has 2 aromatic carbocycles. The summed E-state index contributed by atoms with van der Waals surface area (Å²) in [7, 11) is -3.87. The van der Waals surface area contributed by atoms with Gasteiger partial charge >= 0.3 is 0 Å². The Labute approximate surface area is 187 Å². The molecule has 3 heterocycles. The molecule has 1 spiro atoms. The van der Waals surface area contributed by atoms with Gasteiger partial charge in [-0.05, 0) is 43.7 Å². The predicted molar refractivity (Wildman–Crippen MR) is 119 cm³/mol. The summed E-state index contributed by atoms with van der Waals surface area (Å²) in [5.41, 5.74) is 2.70. The minimum Gasteiger partial charge on any atom is -0.419 e. The Kier molecular flexibility index (Phi) is 5.31. The molecule has 0 saturated carbocycles. The number of hydrogen-bond donors (Lipinski definition) is 0. The maximum absolute atomic E-state index is 13.6. The maximum Gasteiger partial charge on any atom is 0.236 e. The van der Waals surface area contributed by atoms with Crippen LogP contribution in [0.1, 0.15) is 24.0 Å². The van der Waals surface area contributed by atoms with Gasteiger partial charge in [-0.3, -0.25) is 0 Å². The van der Waals surface area contributed by atoms with Gasteiger partial charge < -0.3 is 18.8 Å². The number of aromatic nitrogens is 1.